The van der Waals surface area contributed by atoms with Gasteiger partial charge in [-0.1, -0.05) is 68.5 Å². The Morgan fingerprint density at radius 1 is 1.20 bits per heavy atom. The molecule has 104 valence electrons. The van der Waals surface area contributed by atoms with Gasteiger partial charge in [-0.2, -0.15) is 0 Å². The molecule has 1 aliphatic rings. The van der Waals surface area contributed by atoms with E-state index in [2.05, 4.69) is 62.9 Å². The molecule has 0 fully saturated rings. The Bertz CT molecular complexity index is 568. The lowest BCUT2D eigenvalue weighted by Gasteiger charge is -2.16. The van der Waals surface area contributed by atoms with Crippen molar-refractivity contribution < 1.29 is 0 Å². The molecule has 0 amide bonds. The van der Waals surface area contributed by atoms with E-state index in [1.807, 2.05) is 6.08 Å². The van der Waals surface area contributed by atoms with E-state index in [-0.39, 0.29) is 0 Å². The summed E-state index contributed by atoms with van der Waals surface area (Å²) in [6.07, 6.45) is 15.2. The van der Waals surface area contributed by atoms with Gasteiger partial charge in [-0.3, -0.25) is 0 Å². The van der Waals surface area contributed by atoms with Crippen molar-refractivity contribution in [1.82, 2.24) is 0 Å². The summed E-state index contributed by atoms with van der Waals surface area (Å²) in [6, 6.07) is 6.91. The molecule has 0 atom stereocenters. The lowest BCUT2D eigenvalue weighted by molar-refractivity contribution is 0.918. The van der Waals surface area contributed by atoms with E-state index in [9.17, 15) is 0 Å². The maximum absolute atomic E-state index is 4.03. The van der Waals surface area contributed by atoms with Gasteiger partial charge in [0.05, 0.1) is 0 Å². The first-order chi connectivity index (χ1) is 9.80. The first-order valence-corrected chi connectivity index (χ1v) is 7.55. The van der Waals surface area contributed by atoms with Gasteiger partial charge >= 0.3 is 0 Å². The van der Waals surface area contributed by atoms with Crippen molar-refractivity contribution in [2.24, 2.45) is 0 Å². The minimum absolute atomic E-state index is 0.988. The molecule has 0 aliphatic heterocycles. The molecule has 0 radical (unpaired) electrons. The Morgan fingerprint density at radius 3 is 2.70 bits per heavy atom. The Labute approximate surface area is 123 Å². The maximum atomic E-state index is 4.03. The van der Waals surface area contributed by atoms with Gasteiger partial charge in [0.1, 0.15) is 0 Å². The Kier molecular flexibility index (Phi) is 5.17. The zero-order valence-electron chi connectivity index (χ0n) is 12.7. The fraction of sp³-hybridized carbons (Fsp3) is 0.300. The number of fused-ring (bicyclic) bond motifs is 1. The Morgan fingerprint density at radius 2 is 2.00 bits per heavy atom. The molecule has 0 N–H and O–H groups in total. The standard InChI is InChI=1S/C20H24/c1-4-9-16-13-14-20-18(15-16)12-8-7-11-17(10-5-2)19(20)6-3/h5-8,10,13-15H,3-4,9,11-12H2,1-2H3/b8-7+,10-5-,19-17-. The normalized spacial score (nSPS) is 20.3. The van der Waals surface area contributed by atoms with Crippen LogP contribution in [0.2, 0.25) is 0 Å². The average Bonchev–Trinajstić information content (AvgIpc) is 2.44. The predicted octanol–water partition coefficient (Wildman–Crippen LogP) is 5.66. The zero-order valence-corrected chi connectivity index (χ0v) is 12.7. The van der Waals surface area contributed by atoms with Crippen LogP contribution in [0.3, 0.4) is 0 Å². The topological polar surface area (TPSA) is 0 Å². The zero-order chi connectivity index (χ0) is 14.4. The highest BCUT2D eigenvalue weighted by Gasteiger charge is 2.11. The highest BCUT2D eigenvalue weighted by Crippen LogP contribution is 2.29. The van der Waals surface area contributed by atoms with Gasteiger partial charge in [0.2, 0.25) is 0 Å². The molecule has 0 heterocycles. The van der Waals surface area contributed by atoms with Crippen LogP contribution in [0.4, 0.5) is 0 Å². The van der Waals surface area contributed by atoms with E-state index >= 15 is 0 Å². The highest BCUT2D eigenvalue weighted by molar-refractivity contribution is 5.80. The van der Waals surface area contributed by atoms with Crippen LogP contribution < -0.4 is 0 Å². The maximum Gasteiger partial charge on any atom is -0.00911 e. The summed E-state index contributed by atoms with van der Waals surface area (Å²) >= 11 is 0. The molecule has 20 heavy (non-hydrogen) atoms. The Hall–Kier alpha value is -1.82. The lowest BCUT2D eigenvalue weighted by atomic mass is 9.88. The van der Waals surface area contributed by atoms with Gasteiger partial charge in [0, 0.05) is 0 Å². The SMILES string of the molecule is C=C/C1=C(\C=C/C)C/C=C/Cc2cc(CCC)ccc21. The molecule has 0 unspecified atom stereocenters. The van der Waals surface area contributed by atoms with Crippen molar-refractivity contribution >= 4 is 5.57 Å². The quantitative estimate of drug-likeness (QED) is 0.616. The summed E-state index contributed by atoms with van der Waals surface area (Å²) < 4.78 is 0. The summed E-state index contributed by atoms with van der Waals surface area (Å²) in [5, 5.41) is 0. The largest absolute Gasteiger partial charge is 0.0984 e. The minimum atomic E-state index is 0.988. The van der Waals surface area contributed by atoms with Crippen LogP contribution in [-0.4, -0.2) is 0 Å². The molecule has 0 heteroatoms. The van der Waals surface area contributed by atoms with Crippen molar-refractivity contribution in [2.75, 3.05) is 0 Å². The van der Waals surface area contributed by atoms with Gasteiger partial charge in [0.15, 0.2) is 0 Å². The van der Waals surface area contributed by atoms with E-state index in [0.717, 1.165) is 19.3 Å². The van der Waals surface area contributed by atoms with E-state index in [1.165, 1.54) is 34.3 Å². The Balaban J connectivity index is 2.57. The smallest absolute Gasteiger partial charge is 0.00911 e. The van der Waals surface area contributed by atoms with Crippen molar-refractivity contribution in [3.05, 3.63) is 77.4 Å². The van der Waals surface area contributed by atoms with E-state index in [4.69, 9.17) is 0 Å². The van der Waals surface area contributed by atoms with E-state index < -0.39 is 0 Å². The fourth-order valence-electron chi connectivity index (χ4n) is 2.83. The second-order valence-corrected chi connectivity index (χ2v) is 5.26. The average molecular weight is 264 g/mol. The van der Waals surface area contributed by atoms with Crippen LogP contribution >= 0.6 is 0 Å². The van der Waals surface area contributed by atoms with Crippen LogP contribution in [0.5, 0.6) is 0 Å². The molecule has 0 nitrogen and oxygen atoms in total. The molecule has 0 saturated heterocycles. The first-order valence-electron chi connectivity index (χ1n) is 7.55. The number of hydrogen-bond acceptors (Lipinski definition) is 0. The minimum Gasteiger partial charge on any atom is -0.0984 e. The van der Waals surface area contributed by atoms with Crippen LogP contribution in [0.1, 0.15) is 43.4 Å². The molecule has 2 rings (SSSR count). The predicted molar refractivity (Wildman–Crippen MR) is 89.8 cm³/mol. The van der Waals surface area contributed by atoms with E-state index in [0.29, 0.717) is 0 Å². The fourth-order valence-corrected chi connectivity index (χ4v) is 2.83. The number of hydrogen-bond donors (Lipinski definition) is 0. The van der Waals surface area contributed by atoms with Crippen LogP contribution in [0.15, 0.2) is 60.7 Å². The lowest BCUT2D eigenvalue weighted by Crippen LogP contribution is -1.98. The molecule has 0 saturated carbocycles. The van der Waals surface area contributed by atoms with Gasteiger partial charge in [-0.15, -0.1) is 0 Å². The first kappa shape index (κ1) is 14.6. The van der Waals surface area contributed by atoms with E-state index in [1.54, 1.807) is 0 Å². The van der Waals surface area contributed by atoms with Crippen LogP contribution in [0, 0.1) is 0 Å². The third-order valence-corrected chi connectivity index (χ3v) is 3.76. The molecule has 0 spiro atoms. The van der Waals surface area contributed by atoms with Crippen molar-refractivity contribution in [1.29, 1.82) is 0 Å². The van der Waals surface area contributed by atoms with Gasteiger partial charge in [-0.05, 0) is 54.0 Å². The van der Waals surface area contributed by atoms with Crippen molar-refractivity contribution in [3.63, 3.8) is 0 Å². The molecule has 1 aliphatic carbocycles. The third kappa shape index (κ3) is 3.19. The van der Waals surface area contributed by atoms with Gasteiger partial charge < -0.3 is 0 Å². The highest BCUT2D eigenvalue weighted by atomic mass is 14.2. The molecule has 0 aromatic heterocycles. The number of allylic oxidation sites excluding steroid dienone is 7. The molecule has 1 aromatic carbocycles. The van der Waals surface area contributed by atoms with Gasteiger partial charge in [0.25, 0.3) is 0 Å². The van der Waals surface area contributed by atoms with Crippen molar-refractivity contribution in [3.8, 4) is 0 Å². The van der Waals surface area contributed by atoms with Crippen LogP contribution in [-0.2, 0) is 12.8 Å². The summed E-state index contributed by atoms with van der Waals surface area (Å²) in [7, 11) is 0. The summed E-state index contributed by atoms with van der Waals surface area (Å²) in [5.41, 5.74) is 6.84. The molecule has 1 aromatic rings. The van der Waals surface area contributed by atoms with Gasteiger partial charge in [-0.25, -0.2) is 0 Å². The summed E-state index contributed by atoms with van der Waals surface area (Å²) in [6.45, 7) is 8.33. The van der Waals surface area contributed by atoms with Crippen LogP contribution in [0.25, 0.3) is 5.57 Å². The number of aryl methyl sites for hydroxylation is 1. The second-order valence-electron chi connectivity index (χ2n) is 5.26. The summed E-state index contributed by atoms with van der Waals surface area (Å²) in [4.78, 5) is 0. The molecule has 0 bridgehead atoms. The molecular weight excluding hydrogens is 240 g/mol. The molecular formula is C20H24. The van der Waals surface area contributed by atoms with Crippen molar-refractivity contribution in [2.45, 2.75) is 39.5 Å². The third-order valence-electron chi connectivity index (χ3n) is 3.76. The second kappa shape index (κ2) is 7.09. The summed E-state index contributed by atoms with van der Waals surface area (Å²) in [5.74, 6) is 0. The number of rotatable bonds is 4. The number of benzene rings is 1. The monoisotopic (exact) mass is 264 g/mol.